The number of hydrazine groups is 1. The number of fused-ring (bicyclic) bond motifs is 1. The van der Waals surface area contributed by atoms with Crippen molar-refractivity contribution in [1.29, 1.82) is 0 Å². The smallest absolute Gasteiger partial charge is 0.272 e. The van der Waals surface area contributed by atoms with Crippen LogP contribution in [-0.2, 0) is 0 Å². The number of aromatic nitrogens is 1. The minimum Gasteiger partial charge on any atom is -0.360 e. The highest BCUT2D eigenvalue weighted by atomic mass is 19.1. The van der Waals surface area contributed by atoms with Crippen molar-refractivity contribution < 1.29 is 18.4 Å². The minimum absolute atomic E-state index is 0.320. The molecular formula is C16H11F2N3O2. The number of carbonyl (C=O) groups excluding carboxylic acids is 2. The number of hydrogen-bond acceptors (Lipinski definition) is 2. The molecule has 1 aromatic heterocycles. The van der Waals surface area contributed by atoms with Crippen molar-refractivity contribution in [1.82, 2.24) is 15.8 Å². The predicted molar refractivity (Wildman–Crippen MR) is 79.6 cm³/mol. The summed E-state index contributed by atoms with van der Waals surface area (Å²) in [5, 5.41) is 0.677. The molecule has 0 fully saturated rings. The van der Waals surface area contributed by atoms with Gasteiger partial charge >= 0.3 is 0 Å². The first-order valence-electron chi connectivity index (χ1n) is 6.68. The summed E-state index contributed by atoms with van der Waals surface area (Å²) in [4.78, 5) is 26.8. The molecule has 0 radical (unpaired) electrons. The highest BCUT2D eigenvalue weighted by molar-refractivity contribution is 6.07. The van der Waals surface area contributed by atoms with Crippen molar-refractivity contribution in [2.75, 3.05) is 0 Å². The second-order valence-electron chi connectivity index (χ2n) is 4.78. The number of halogens is 2. The van der Waals surface area contributed by atoms with Crippen LogP contribution in [0.25, 0.3) is 10.9 Å². The average Bonchev–Trinajstić information content (AvgIpc) is 2.98. The van der Waals surface area contributed by atoms with Crippen molar-refractivity contribution in [2.24, 2.45) is 0 Å². The molecule has 3 rings (SSSR count). The standard InChI is InChI=1S/C16H11F2N3O2/c17-9-5-6-13(18)11(7-9)15(22)20-21-16(23)12-8-19-14-4-2-1-3-10(12)14/h1-8,19H,(H,20,22)(H,21,23). The maximum Gasteiger partial charge on any atom is 0.272 e. The van der Waals surface area contributed by atoms with Gasteiger partial charge in [-0.1, -0.05) is 18.2 Å². The Morgan fingerprint density at radius 1 is 0.913 bits per heavy atom. The second kappa shape index (κ2) is 5.88. The van der Waals surface area contributed by atoms with Crippen molar-refractivity contribution in [3.63, 3.8) is 0 Å². The third kappa shape index (κ3) is 2.89. The predicted octanol–water partition coefficient (Wildman–Crippen LogP) is 2.52. The Balaban J connectivity index is 1.74. The van der Waals surface area contributed by atoms with E-state index in [9.17, 15) is 18.4 Å². The van der Waals surface area contributed by atoms with Gasteiger partial charge in [-0.05, 0) is 24.3 Å². The fraction of sp³-hybridized carbons (Fsp3) is 0. The second-order valence-corrected chi connectivity index (χ2v) is 4.78. The molecule has 0 aliphatic heterocycles. The van der Waals surface area contributed by atoms with Gasteiger partial charge in [0.25, 0.3) is 11.8 Å². The van der Waals surface area contributed by atoms with Crippen molar-refractivity contribution >= 4 is 22.7 Å². The third-order valence-corrected chi connectivity index (χ3v) is 3.30. The number of benzene rings is 2. The number of amides is 2. The van der Waals surface area contributed by atoms with Crippen LogP contribution in [0.4, 0.5) is 8.78 Å². The van der Waals surface area contributed by atoms with Crippen LogP contribution in [0.15, 0.2) is 48.7 Å². The SMILES string of the molecule is O=C(NNC(=O)c1c[nH]c2ccccc12)c1cc(F)ccc1F. The molecule has 0 saturated carbocycles. The number of aromatic amines is 1. The van der Waals surface area contributed by atoms with Crippen LogP contribution in [0, 0.1) is 11.6 Å². The highest BCUT2D eigenvalue weighted by Crippen LogP contribution is 2.17. The van der Waals surface area contributed by atoms with E-state index >= 15 is 0 Å². The van der Waals surface area contributed by atoms with Crippen molar-refractivity contribution in [3.05, 3.63) is 71.4 Å². The zero-order valence-electron chi connectivity index (χ0n) is 11.7. The number of para-hydroxylation sites is 1. The van der Waals surface area contributed by atoms with E-state index in [4.69, 9.17) is 0 Å². The van der Waals surface area contributed by atoms with E-state index in [0.29, 0.717) is 10.9 Å². The summed E-state index contributed by atoms with van der Waals surface area (Å²) >= 11 is 0. The lowest BCUT2D eigenvalue weighted by Crippen LogP contribution is -2.41. The normalized spacial score (nSPS) is 10.5. The molecule has 1 heterocycles. The topological polar surface area (TPSA) is 74.0 Å². The third-order valence-electron chi connectivity index (χ3n) is 3.30. The van der Waals surface area contributed by atoms with Crippen LogP contribution in [0.1, 0.15) is 20.7 Å². The summed E-state index contributed by atoms with van der Waals surface area (Å²) in [6.45, 7) is 0. The van der Waals surface area contributed by atoms with Crippen LogP contribution >= 0.6 is 0 Å². The minimum atomic E-state index is -0.949. The highest BCUT2D eigenvalue weighted by Gasteiger charge is 2.15. The van der Waals surface area contributed by atoms with Crippen LogP contribution < -0.4 is 10.9 Å². The molecule has 0 saturated heterocycles. The molecule has 116 valence electrons. The summed E-state index contributed by atoms with van der Waals surface area (Å²) in [6, 6.07) is 9.62. The van der Waals surface area contributed by atoms with Crippen LogP contribution in [0.2, 0.25) is 0 Å². The molecule has 0 aliphatic carbocycles. The Labute approximate surface area is 129 Å². The van der Waals surface area contributed by atoms with Gasteiger partial charge in [-0.3, -0.25) is 20.4 Å². The number of rotatable bonds is 2. The summed E-state index contributed by atoms with van der Waals surface area (Å²) in [7, 11) is 0. The zero-order chi connectivity index (χ0) is 16.4. The maximum absolute atomic E-state index is 13.5. The van der Waals surface area contributed by atoms with Crippen LogP contribution in [-0.4, -0.2) is 16.8 Å². The van der Waals surface area contributed by atoms with Crippen LogP contribution in [0.3, 0.4) is 0 Å². The van der Waals surface area contributed by atoms with Gasteiger partial charge in [0.05, 0.1) is 11.1 Å². The fourth-order valence-corrected chi connectivity index (χ4v) is 2.18. The quantitative estimate of drug-likeness (QED) is 0.636. The molecule has 3 aromatic rings. The van der Waals surface area contributed by atoms with Gasteiger partial charge in [0.2, 0.25) is 0 Å². The molecule has 0 atom stereocenters. The molecule has 0 aliphatic rings. The summed E-state index contributed by atoms with van der Waals surface area (Å²) in [5.41, 5.74) is 4.82. The lowest BCUT2D eigenvalue weighted by atomic mass is 10.2. The summed E-state index contributed by atoms with van der Waals surface area (Å²) < 4.78 is 26.5. The van der Waals surface area contributed by atoms with E-state index in [-0.39, 0.29) is 0 Å². The molecule has 0 unspecified atom stereocenters. The van der Waals surface area contributed by atoms with Crippen LogP contribution in [0.5, 0.6) is 0 Å². The average molecular weight is 315 g/mol. The van der Waals surface area contributed by atoms with Gasteiger partial charge in [0, 0.05) is 17.1 Å². The molecular weight excluding hydrogens is 304 g/mol. The van der Waals surface area contributed by atoms with Gasteiger partial charge in [-0.15, -0.1) is 0 Å². The molecule has 5 nitrogen and oxygen atoms in total. The van der Waals surface area contributed by atoms with Gasteiger partial charge in [0.15, 0.2) is 0 Å². The Morgan fingerprint density at radius 3 is 2.39 bits per heavy atom. The van der Waals surface area contributed by atoms with Gasteiger partial charge in [-0.2, -0.15) is 0 Å². The Bertz CT molecular complexity index is 905. The van der Waals surface area contributed by atoms with E-state index in [1.165, 1.54) is 6.20 Å². The molecule has 3 N–H and O–H groups in total. The summed E-state index contributed by atoms with van der Waals surface area (Å²) in [6.07, 6.45) is 1.49. The van der Waals surface area contributed by atoms with E-state index in [1.54, 1.807) is 18.2 Å². The molecule has 2 amide bonds. The number of nitrogens with one attached hydrogen (secondary N) is 3. The first-order valence-corrected chi connectivity index (χ1v) is 6.68. The van der Waals surface area contributed by atoms with E-state index in [1.807, 2.05) is 6.07 Å². The molecule has 0 bridgehead atoms. The molecule has 0 spiro atoms. The molecule has 7 heteroatoms. The Kier molecular flexibility index (Phi) is 3.76. The zero-order valence-corrected chi connectivity index (χ0v) is 11.7. The molecule has 2 aromatic carbocycles. The lowest BCUT2D eigenvalue weighted by molar-refractivity contribution is 0.0845. The van der Waals surface area contributed by atoms with E-state index < -0.39 is 29.0 Å². The largest absolute Gasteiger partial charge is 0.360 e. The number of hydrogen-bond donors (Lipinski definition) is 3. The Morgan fingerprint density at radius 2 is 1.61 bits per heavy atom. The number of carbonyl (C=O) groups is 2. The summed E-state index contributed by atoms with van der Waals surface area (Å²) in [5.74, 6) is -3.16. The monoisotopic (exact) mass is 315 g/mol. The van der Waals surface area contributed by atoms with Crippen molar-refractivity contribution in [2.45, 2.75) is 0 Å². The fourth-order valence-electron chi connectivity index (χ4n) is 2.18. The van der Waals surface area contributed by atoms with Gasteiger partial charge in [0.1, 0.15) is 11.6 Å². The number of H-pyrrole nitrogens is 1. The van der Waals surface area contributed by atoms with Gasteiger partial charge in [-0.25, -0.2) is 8.78 Å². The van der Waals surface area contributed by atoms with E-state index in [2.05, 4.69) is 15.8 Å². The Hall–Kier alpha value is -3.22. The van der Waals surface area contributed by atoms with E-state index in [0.717, 1.165) is 23.7 Å². The van der Waals surface area contributed by atoms with Gasteiger partial charge < -0.3 is 4.98 Å². The van der Waals surface area contributed by atoms with Crippen molar-refractivity contribution in [3.8, 4) is 0 Å². The lowest BCUT2D eigenvalue weighted by Gasteiger charge is -2.07. The maximum atomic E-state index is 13.5. The first-order chi connectivity index (χ1) is 11.1. The first kappa shape index (κ1) is 14.7. The molecule has 23 heavy (non-hydrogen) atoms.